The fourth-order valence-corrected chi connectivity index (χ4v) is 1.87. The Hall–Kier alpha value is -2.15. The monoisotopic (exact) mass is 281 g/mol. The first kappa shape index (κ1) is 14.3. The number of esters is 1. The average Bonchev–Trinajstić information content (AvgIpc) is 2.96. The van der Waals surface area contributed by atoms with Crippen molar-refractivity contribution in [3.8, 4) is 5.75 Å². The first-order valence-electron chi connectivity index (χ1n) is 6.30. The van der Waals surface area contributed by atoms with Crippen LogP contribution in [0.2, 0.25) is 0 Å². The van der Waals surface area contributed by atoms with Crippen molar-refractivity contribution in [3.05, 3.63) is 34.4 Å². The molecule has 108 valence electrons. The van der Waals surface area contributed by atoms with Gasteiger partial charge in [0.2, 0.25) is 0 Å². The molecule has 1 unspecified atom stereocenters. The normalized spacial score (nSPS) is 17.7. The molecule has 1 aliphatic heterocycles. The van der Waals surface area contributed by atoms with E-state index in [9.17, 15) is 14.9 Å². The fraction of sp³-hybridized carbons (Fsp3) is 0.462. The van der Waals surface area contributed by atoms with Crippen LogP contribution in [0.25, 0.3) is 0 Å². The van der Waals surface area contributed by atoms with Crippen molar-refractivity contribution in [1.29, 1.82) is 0 Å². The van der Waals surface area contributed by atoms with Crippen LogP contribution in [0.1, 0.15) is 12.8 Å². The molecule has 0 amide bonds. The summed E-state index contributed by atoms with van der Waals surface area (Å²) < 4.78 is 15.4. The summed E-state index contributed by atoms with van der Waals surface area (Å²) in [6.45, 7) is 0.519. The smallest absolute Gasteiger partial charge is 0.344 e. The van der Waals surface area contributed by atoms with E-state index in [2.05, 4.69) is 0 Å². The summed E-state index contributed by atoms with van der Waals surface area (Å²) in [6, 6.07) is 5.87. The van der Waals surface area contributed by atoms with E-state index in [1.807, 2.05) is 0 Å². The second-order valence-electron chi connectivity index (χ2n) is 4.33. The minimum Gasteiger partial charge on any atom is -0.475 e. The maximum atomic E-state index is 11.5. The zero-order valence-electron chi connectivity index (χ0n) is 10.8. The van der Waals surface area contributed by atoms with Crippen LogP contribution in [0.5, 0.6) is 5.75 Å². The van der Waals surface area contributed by atoms with Gasteiger partial charge in [0.1, 0.15) is 6.61 Å². The Morgan fingerprint density at radius 3 is 2.95 bits per heavy atom. The molecular weight excluding hydrogens is 266 g/mol. The molecule has 0 saturated carbocycles. The summed E-state index contributed by atoms with van der Waals surface area (Å²) in [7, 11) is 0. The first-order valence-corrected chi connectivity index (χ1v) is 6.30. The number of carbonyl (C=O) groups excluding carboxylic acids is 1. The van der Waals surface area contributed by atoms with Crippen molar-refractivity contribution >= 4 is 11.7 Å². The molecule has 1 saturated heterocycles. The molecule has 0 radical (unpaired) electrons. The Balaban J connectivity index is 1.79. The quantitative estimate of drug-likeness (QED) is 0.448. The standard InChI is InChI=1S/C13H15NO6/c15-13(20-8-10-4-3-7-18-10)9-19-12-6-2-1-5-11(12)14(16)17/h1-2,5-6,10H,3-4,7-9H2. The van der Waals surface area contributed by atoms with E-state index in [0.29, 0.717) is 6.61 Å². The third-order valence-corrected chi connectivity index (χ3v) is 2.86. The van der Waals surface area contributed by atoms with Gasteiger partial charge < -0.3 is 14.2 Å². The minimum atomic E-state index is -0.571. The molecule has 0 aliphatic carbocycles. The number of nitrogens with zero attached hydrogens (tertiary/aromatic N) is 1. The molecule has 1 atom stereocenters. The van der Waals surface area contributed by atoms with Gasteiger partial charge in [0, 0.05) is 12.7 Å². The van der Waals surface area contributed by atoms with Crippen LogP contribution in [0.3, 0.4) is 0 Å². The van der Waals surface area contributed by atoms with Crippen molar-refractivity contribution in [3.63, 3.8) is 0 Å². The number of hydrogen-bond acceptors (Lipinski definition) is 6. The average molecular weight is 281 g/mol. The highest BCUT2D eigenvalue weighted by molar-refractivity contribution is 5.71. The predicted molar refractivity (Wildman–Crippen MR) is 68.5 cm³/mol. The topological polar surface area (TPSA) is 87.9 Å². The largest absolute Gasteiger partial charge is 0.475 e. The summed E-state index contributed by atoms with van der Waals surface area (Å²) in [5.74, 6) is -0.523. The van der Waals surface area contributed by atoms with E-state index in [4.69, 9.17) is 14.2 Å². The van der Waals surface area contributed by atoms with Crippen LogP contribution in [0.4, 0.5) is 5.69 Å². The van der Waals surface area contributed by atoms with Gasteiger partial charge in [-0.05, 0) is 18.9 Å². The van der Waals surface area contributed by atoms with Gasteiger partial charge in [-0.2, -0.15) is 0 Å². The molecule has 7 heteroatoms. The van der Waals surface area contributed by atoms with E-state index < -0.39 is 10.9 Å². The second kappa shape index (κ2) is 6.85. The van der Waals surface area contributed by atoms with Crippen molar-refractivity contribution in [2.45, 2.75) is 18.9 Å². The highest BCUT2D eigenvalue weighted by Gasteiger charge is 2.19. The van der Waals surface area contributed by atoms with Gasteiger partial charge in [0.05, 0.1) is 11.0 Å². The molecule has 0 spiro atoms. The molecule has 1 aromatic carbocycles. The molecule has 0 bridgehead atoms. The highest BCUT2D eigenvalue weighted by atomic mass is 16.6. The van der Waals surface area contributed by atoms with Crippen molar-refractivity contribution in [2.75, 3.05) is 19.8 Å². The van der Waals surface area contributed by atoms with Crippen LogP contribution < -0.4 is 4.74 Å². The molecule has 1 heterocycles. The van der Waals surface area contributed by atoms with Gasteiger partial charge in [0.25, 0.3) is 0 Å². The fourth-order valence-electron chi connectivity index (χ4n) is 1.87. The van der Waals surface area contributed by atoms with E-state index in [1.165, 1.54) is 18.2 Å². The lowest BCUT2D eigenvalue weighted by atomic mass is 10.2. The SMILES string of the molecule is O=C(COc1ccccc1[N+](=O)[O-])OCC1CCCO1. The van der Waals surface area contributed by atoms with E-state index in [-0.39, 0.29) is 30.8 Å². The zero-order valence-corrected chi connectivity index (χ0v) is 10.8. The minimum absolute atomic E-state index is 0.0477. The molecule has 7 nitrogen and oxygen atoms in total. The van der Waals surface area contributed by atoms with Gasteiger partial charge >= 0.3 is 11.7 Å². The molecule has 1 aromatic rings. The number of ether oxygens (including phenoxy) is 3. The van der Waals surface area contributed by atoms with Gasteiger partial charge in [0.15, 0.2) is 12.4 Å². The number of nitro benzene ring substituents is 1. The Kier molecular flexibility index (Phi) is 4.89. The number of benzene rings is 1. The maximum Gasteiger partial charge on any atom is 0.344 e. The number of hydrogen-bond donors (Lipinski definition) is 0. The summed E-state index contributed by atoms with van der Waals surface area (Å²) in [4.78, 5) is 21.7. The number of carbonyl (C=O) groups is 1. The van der Waals surface area contributed by atoms with E-state index in [1.54, 1.807) is 6.07 Å². The Labute approximate surface area is 115 Å². The van der Waals surface area contributed by atoms with E-state index in [0.717, 1.165) is 12.8 Å². The number of rotatable bonds is 6. The van der Waals surface area contributed by atoms with Crippen LogP contribution >= 0.6 is 0 Å². The molecular formula is C13H15NO6. The van der Waals surface area contributed by atoms with Crippen molar-refractivity contribution in [2.24, 2.45) is 0 Å². The van der Waals surface area contributed by atoms with Gasteiger partial charge in [-0.3, -0.25) is 10.1 Å². The lowest BCUT2D eigenvalue weighted by molar-refractivity contribution is -0.385. The highest BCUT2D eigenvalue weighted by Crippen LogP contribution is 2.25. The molecule has 20 heavy (non-hydrogen) atoms. The summed E-state index contributed by atoms with van der Waals surface area (Å²) in [6.07, 6.45) is 1.79. The molecule has 0 N–H and O–H groups in total. The lowest BCUT2D eigenvalue weighted by Gasteiger charge is -2.10. The van der Waals surface area contributed by atoms with Crippen molar-refractivity contribution in [1.82, 2.24) is 0 Å². The molecule has 1 fully saturated rings. The number of para-hydroxylation sites is 2. The van der Waals surface area contributed by atoms with Gasteiger partial charge in [-0.1, -0.05) is 12.1 Å². The van der Waals surface area contributed by atoms with Gasteiger partial charge in [-0.25, -0.2) is 4.79 Å². The lowest BCUT2D eigenvalue weighted by Crippen LogP contribution is -2.21. The predicted octanol–water partition coefficient (Wildman–Crippen LogP) is 1.70. The van der Waals surface area contributed by atoms with Crippen molar-refractivity contribution < 1.29 is 23.9 Å². The third-order valence-electron chi connectivity index (χ3n) is 2.86. The van der Waals surface area contributed by atoms with Crippen LogP contribution in [-0.2, 0) is 14.3 Å². The zero-order chi connectivity index (χ0) is 14.4. The summed E-state index contributed by atoms with van der Waals surface area (Å²) in [5, 5.41) is 10.8. The van der Waals surface area contributed by atoms with Crippen LogP contribution in [0.15, 0.2) is 24.3 Å². The van der Waals surface area contributed by atoms with Crippen LogP contribution in [-0.4, -0.2) is 36.8 Å². The third kappa shape index (κ3) is 3.92. The second-order valence-corrected chi connectivity index (χ2v) is 4.33. The Morgan fingerprint density at radius 1 is 1.45 bits per heavy atom. The first-order chi connectivity index (χ1) is 9.66. The molecule has 0 aromatic heterocycles. The summed E-state index contributed by atoms with van der Waals surface area (Å²) in [5.41, 5.74) is -0.181. The number of nitro groups is 1. The molecule has 2 rings (SSSR count). The summed E-state index contributed by atoms with van der Waals surface area (Å²) >= 11 is 0. The van der Waals surface area contributed by atoms with Crippen LogP contribution in [0, 0.1) is 10.1 Å². The Bertz CT molecular complexity index is 484. The maximum absolute atomic E-state index is 11.5. The Morgan fingerprint density at radius 2 is 2.25 bits per heavy atom. The van der Waals surface area contributed by atoms with E-state index >= 15 is 0 Å². The molecule has 1 aliphatic rings. The van der Waals surface area contributed by atoms with Gasteiger partial charge in [-0.15, -0.1) is 0 Å².